The molecule has 1 aliphatic carbocycles. The molecule has 21 heavy (non-hydrogen) atoms. The Kier molecular flexibility index (Phi) is 4.16. The second kappa shape index (κ2) is 5.78. The molecule has 2 saturated heterocycles. The van der Waals surface area contributed by atoms with Crippen LogP contribution in [0.2, 0.25) is 0 Å². The van der Waals surface area contributed by atoms with Gasteiger partial charge in [0.2, 0.25) is 0 Å². The minimum atomic E-state index is 0.423. The van der Waals surface area contributed by atoms with Crippen molar-refractivity contribution in [1.29, 1.82) is 0 Å². The maximum absolute atomic E-state index is 2.70. The van der Waals surface area contributed by atoms with Crippen LogP contribution in [0.25, 0.3) is 0 Å². The summed E-state index contributed by atoms with van der Waals surface area (Å²) in [5.41, 5.74) is 3.66. The molecule has 0 aromatic heterocycles. The highest BCUT2D eigenvalue weighted by molar-refractivity contribution is 5.92. The molecule has 0 radical (unpaired) electrons. The molecule has 3 rings (SSSR count). The minimum absolute atomic E-state index is 0.423. The summed E-state index contributed by atoms with van der Waals surface area (Å²) in [7, 11) is 0. The van der Waals surface area contributed by atoms with Crippen molar-refractivity contribution in [2.45, 2.75) is 59.8 Å². The second-order valence-electron chi connectivity index (χ2n) is 8.69. The van der Waals surface area contributed by atoms with Crippen LogP contribution in [0.1, 0.15) is 59.8 Å². The number of likely N-dealkylation sites (tertiary alicyclic amines) is 1. The van der Waals surface area contributed by atoms with Crippen LogP contribution < -0.4 is 0 Å². The molecule has 2 atom stereocenters. The molecule has 0 spiro atoms. The van der Waals surface area contributed by atoms with Crippen molar-refractivity contribution >= 4 is 5.71 Å². The zero-order chi connectivity index (χ0) is 15.0. The first-order valence-corrected chi connectivity index (χ1v) is 8.99. The van der Waals surface area contributed by atoms with Crippen LogP contribution in [0.4, 0.5) is 0 Å². The van der Waals surface area contributed by atoms with Crippen LogP contribution in [0.15, 0.2) is 11.8 Å². The van der Waals surface area contributed by atoms with E-state index in [1.165, 1.54) is 58.3 Å². The number of nitrogens with zero attached hydrogens (tertiary/aromatic N) is 2. The van der Waals surface area contributed by atoms with Gasteiger partial charge in [0.25, 0.3) is 0 Å². The van der Waals surface area contributed by atoms with Crippen molar-refractivity contribution in [3.63, 3.8) is 0 Å². The highest BCUT2D eigenvalue weighted by Crippen LogP contribution is 2.37. The van der Waals surface area contributed by atoms with E-state index in [0.29, 0.717) is 5.41 Å². The summed E-state index contributed by atoms with van der Waals surface area (Å²) in [6, 6.07) is 0. The molecular formula is C19H33N2+. The Labute approximate surface area is 130 Å². The van der Waals surface area contributed by atoms with E-state index < -0.39 is 0 Å². The molecule has 2 aliphatic heterocycles. The van der Waals surface area contributed by atoms with Gasteiger partial charge >= 0.3 is 0 Å². The van der Waals surface area contributed by atoms with Crippen molar-refractivity contribution in [1.82, 2.24) is 4.90 Å². The van der Waals surface area contributed by atoms with Gasteiger partial charge in [0.1, 0.15) is 13.1 Å². The van der Waals surface area contributed by atoms with Crippen molar-refractivity contribution < 1.29 is 4.58 Å². The maximum atomic E-state index is 2.70. The van der Waals surface area contributed by atoms with E-state index in [2.05, 4.69) is 43.2 Å². The largest absolute Gasteiger partial charge is 0.375 e. The van der Waals surface area contributed by atoms with E-state index >= 15 is 0 Å². The molecule has 0 saturated carbocycles. The first-order chi connectivity index (χ1) is 9.93. The van der Waals surface area contributed by atoms with Crippen LogP contribution >= 0.6 is 0 Å². The zero-order valence-corrected chi connectivity index (χ0v) is 14.5. The topological polar surface area (TPSA) is 6.25 Å². The third kappa shape index (κ3) is 3.52. The fourth-order valence-corrected chi connectivity index (χ4v) is 4.65. The third-order valence-corrected chi connectivity index (χ3v) is 5.44. The number of hydrogen-bond donors (Lipinski definition) is 0. The fraction of sp³-hybridized carbons (Fsp3) is 0.842. The third-order valence-electron chi connectivity index (χ3n) is 5.44. The van der Waals surface area contributed by atoms with Gasteiger partial charge in [-0.15, -0.1) is 0 Å². The van der Waals surface area contributed by atoms with Crippen molar-refractivity contribution in [2.75, 3.05) is 26.2 Å². The van der Waals surface area contributed by atoms with Crippen LogP contribution in [-0.2, 0) is 0 Å². The summed E-state index contributed by atoms with van der Waals surface area (Å²) >= 11 is 0. The molecule has 0 N–H and O–H groups in total. The quantitative estimate of drug-likeness (QED) is 0.663. The molecule has 2 heterocycles. The molecule has 0 aromatic carbocycles. The van der Waals surface area contributed by atoms with Gasteiger partial charge in [-0.3, -0.25) is 0 Å². The van der Waals surface area contributed by atoms with Gasteiger partial charge in [-0.25, -0.2) is 4.58 Å². The maximum Gasteiger partial charge on any atom is 0.178 e. The summed E-state index contributed by atoms with van der Waals surface area (Å²) < 4.78 is 2.70. The van der Waals surface area contributed by atoms with Gasteiger partial charge in [-0.1, -0.05) is 27.7 Å². The monoisotopic (exact) mass is 289 g/mol. The van der Waals surface area contributed by atoms with Gasteiger partial charge in [0.15, 0.2) is 5.71 Å². The predicted octanol–water partition coefficient (Wildman–Crippen LogP) is 3.92. The SMILES string of the molecule is C[C@H]1C[C@H](C)C[N+](=C2C=C(N3CCCC3)CC(C)(C)C2)C1. The molecule has 0 unspecified atom stereocenters. The van der Waals surface area contributed by atoms with Gasteiger partial charge in [0, 0.05) is 43.1 Å². The normalized spacial score (nSPS) is 33.3. The summed E-state index contributed by atoms with van der Waals surface area (Å²) in [5, 5.41) is 0. The molecule has 2 heteroatoms. The molecule has 2 nitrogen and oxygen atoms in total. The molecular weight excluding hydrogens is 256 g/mol. The van der Waals surface area contributed by atoms with Crippen molar-refractivity contribution in [3.8, 4) is 0 Å². The number of piperidine rings is 1. The predicted molar refractivity (Wildman–Crippen MR) is 89.9 cm³/mol. The van der Waals surface area contributed by atoms with Crippen LogP contribution in [-0.4, -0.2) is 41.4 Å². The first kappa shape index (κ1) is 15.1. The van der Waals surface area contributed by atoms with E-state index in [1.807, 2.05) is 0 Å². The average molecular weight is 289 g/mol. The van der Waals surface area contributed by atoms with Gasteiger partial charge < -0.3 is 4.90 Å². The first-order valence-electron chi connectivity index (χ1n) is 8.99. The standard InChI is InChI=1S/C19H33N2/c1-15-9-16(2)14-21(13-15)18-10-17(11-19(3,4)12-18)20-7-5-6-8-20/h10,15-16H,5-9,11-14H2,1-4H3/q+1/t15-,16-/m0/s1. The Morgan fingerprint density at radius 2 is 1.67 bits per heavy atom. The van der Waals surface area contributed by atoms with Crippen molar-refractivity contribution in [3.05, 3.63) is 11.8 Å². The lowest BCUT2D eigenvalue weighted by molar-refractivity contribution is -0.553. The van der Waals surface area contributed by atoms with Crippen LogP contribution in [0.3, 0.4) is 0 Å². The number of hydrogen-bond acceptors (Lipinski definition) is 1. The summed E-state index contributed by atoms with van der Waals surface area (Å²) in [5.74, 6) is 1.69. The number of allylic oxidation sites excluding steroid dienone is 2. The van der Waals surface area contributed by atoms with E-state index in [4.69, 9.17) is 0 Å². The molecule has 118 valence electrons. The zero-order valence-electron chi connectivity index (χ0n) is 14.5. The van der Waals surface area contributed by atoms with Crippen LogP contribution in [0.5, 0.6) is 0 Å². The van der Waals surface area contributed by atoms with Gasteiger partial charge in [0.05, 0.1) is 0 Å². The Balaban J connectivity index is 1.90. The second-order valence-corrected chi connectivity index (χ2v) is 8.69. The van der Waals surface area contributed by atoms with E-state index in [1.54, 1.807) is 11.4 Å². The molecule has 3 aliphatic rings. The van der Waals surface area contributed by atoms with Gasteiger partial charge in [-0.2, -0.15) is 0 Å². The summed E-state index contributed by atoms with van der Waals surface area (Å²) in [6.45, 7) is 14.8. The Morgan fingerprint density at radius 1 is 1.05 bits per heavy atom. The molecule has 0 bridgehead atoms. The van der Waals surface area contributed by atoms with Gasteiger partial charge in [-0.05, 0) is 31.1 Å². The van der Waals surface area contributed by atoms with E-state index in [0.717, 1.165) is 11.8 Å². The van der Waals surface area contributed by atoms with E-state index in [9.17, 15) is 0 Å². The lowest BCUT2D eigenvalue weighted by Gasteiger charge is -2.35. The molecule has 2 fully saturated rings. The Hall–Kier alpha value is -0.790. The molecule has 0 aromatic rings. The Morgan fingerprint density at radius 3 is 2.29 bits per heavy atom. The number of rotatable bonds is 1. The van der Waals surface area contributed by atoms with E-state index in [-0.39, 0.29) is 0 Å². The summed E-state index contributed by atoms with van der Waals surface area (Å²) in [4.78, 5) is 2.65. The average Bonchev–Trinajstić information content (AvgIpc) is 2.89. The lowest BCUT2D eigenvalue weighted by Crippen LogP contribution is -2.39. The highest BCUT2D eigenvalue weighted by atomic mass is 15.2. The minimum Gasteiger partial charge on any atom is -0.375 e. The highest BCUT2D eigenvalue weighted by Gasteiger charge is 2.35. The summed E-state index contributed by atoms with van der Waals surface area (Å²) in [6.07, 6.45) is 9.23. The fourth-order valence-electron chi connectivity index (χ4n) is 4.65. The molecule has 0 amide bonds. The smallest absolute Gasteiger partial charge is 0.178 e. The van der Waals surface area contributed by atoms with Crippen molar-refractivity contribution in [2.24, 2.45) is 17.3 Å². The Bertz CT molecular complexity index is 440. The van der Waals surface area contributed by atoms with Crippen LogP contribution in [0, 0.1) is 17.3 Å². The lowest BCUT2D eigenvalue weighted by atomic mass is 9.77.